The number of halogens is 1. The SMILES string of the molecule is Cc1cncc(-c2cc(Cl)c([C@]3(C)CC(=O)N(C)C(N)=N3)s2)c1. The number of rotatable bonds is 2. The van der Waals surface area contributed by atoms with Gasteiger partial charge in [-0.1, -0.05) is 11.6 Å². The Balaban J connectivity index is 2.06. The second kappa shape index (κ2) is 5.62. The summed E-state index contributed by atoms with van der Waals surface area (Å²) in [4.78, 5) is 24.1. The maximum absolute atomic E-state index is 12.1. The van der Waals surface area contributed by atoms with E-state index in [1.807, 2.05) is 26.1 Å². The molecule has 0 radical (unpaired) electrons. The number of hydrogen-bond donors (Lipinski definition) is 1. The van der Waals surface area contributed by atoms with E-state index in [2.05, 4.69) is 16.0 Å². The van der Waals surface area contributed by atoms with Crippen molar-refractivity contribution in [3.63, 3.8) is 0 Å². The van der Waals surface area contributed by atoms with Crippen LogP contribution in [0, 0.1) is 6.92 Å². The van der Waals surface area contributed by atoms with Gasteiger partial charge in [-0.15, -0.1) is 11.3 Å². The Morgan fingerprint density at radius 1 is 1.39 bits per heavy atom. The summed E-state index contributed by atoms with van der Waals surface area (Å²) in [7, 11) is 1.63. The lowest BCUT2D eigenvalue weighted by Gasteiger charge is -2.32. The number of nitrogens with zero attached hydrogens (tertiary/aromatic N) is 3. The lowest BCUT2D eigenvalue weighted by Crippen LogP contribution is -2.47. The van der Waals surface area contributed by atoms with Crippen molar-refractivity contribution in [2.75, 3.05) is 7.05 Å². The molecule has 0 aromatic carbocycles. The summed E-state index contributed by atoms with van der Waals surface area (Å²) in [5.74, 6) is 0.148. The fraction of sp³-hybridized carbons (Fsp3) is 0.312. The van der Waals surface area contributed by atoms with Crippen molar-refractivity contribution >= 4 is 34.8 Å². The Morgan fingerprint density at radius 3 is 2.78 bits per heavy atom. The van der Waals surface area contributed by atoms with E-state index in [4.69, 9.17) is 17.3 Å². The Kier molecular flexibility index (Phi) is 3.90. The van der Waals surface area contributed by atoms with Crippen molar-refractivity contribution in [3.8, 4) is 10.4 Å². The molecule has 5 nitrogen and oxygen atoms in total. The minimum Gasteiger partial charge on any atom is -0.369 e. The summed E-state index contributed by atoms with van der Waals surface area (Å²) in [6.45, 7) is 3.88. The van der Waals surface area contributed by atoms with Crippen LogP contribution in [-0.2, 0) is 10.3 Å². The van der Waals surface area contributed by atoms with Gasteiger partial charge in [-0.3, -0.25) is 14.7 Å². The van der Waals surface area contributed by atoms with Crippen LogP contribution in [0.3, 0.4) is 0 Å². The van der Waals surface area contributed by atoms with Crippen LogP contribution in [0.5, 0.6) is 0 Å². The van der Waals surface area contributed by atoms with Crippen LogP contribution < -0.4 is 5.73 Å². The highest BCUT2D eigenvalue weighted by Gasteiger charge is 2.39. The number of hydrogen-bond acceptors (Lipinski definition) is 5. The summed E-state index contributed by atoms with van der Waals surface area (Å²) in [6.07, 6.45) is 3.86. The Hall–Kier alpha value is -1.92. The summed E-state index contributed by atoms with van der Waals surface area (Å²) < 4.78 is 0. The number of amides is 1. The first kappa shape index (κ1) is 16.0. The quantitative estimate of drug-likeness (QED) is 0.906. The fourth-order valence-corrected chi connectivity index (χ4v) is 4.22. The topological polar surface area (TPSA) is 71.6 Å². The van der Waals surface area contributed by atoms with Crippen molar-refractivity contribution in [3.05, 3.63) is 40.0 Å². The maximum Gasteiger partial charge on any atom is 0.231 e. The molecule has 1 aliphatic rings. The Bertz CT molecular complexity index is 816. The van der Waals surface area contributed by atoms with Gasteiger partial charge in [-0.25, -0.2) is 4.99 Å². The van der Waals surface area contributed by atoms with Gasteiger partial charge >= 0.3 is 0 Å². The number of nitrogens with two attached hydrogens (primary N) is 1. The molecular weight excluding hydrogens is 332 g/mol. The van der Waals surface area contributed by atoms with E-state index in [0.29, 0.717) is 5.02 Å². The largest absolute Gasteiger partial charge is 0.369 e. The van der Waals surface area contributed by atoms with Crippen molar-refractivity contribution in [2.45, 2.75) is 25.8 Å². The standard InChI is InChI=1S/C16H17ClN4OS/c1-9-4-10(8-19-7-9)12-5-11(17)14(23-12)16(2)6-13(22)21(3)15(18)20-16/h4-5,7-8H,6H2,1-3H3,(H2,18,20)/t16-/m0/s1. The molecule has 1 amide bonds. The zero-order valence-electron chi connectivity index (χ0n) is 13.1. The third kappa shape index (κ3) is 2.84. The minimum absolute atomic E-state index is 0.0664. The number of aromatic nitrogens is 1. The van der Waals surface area contributed by atoms with E-state index < -0.39 is 5.54 Å². The molecule has 1 aliphatic heterocycles. The van der Waals surface area contributed by atoms with Crippen LogP contribution in [0.25, 0.3) is 10.4 Å². The molecule has 0 saturated heterocycles. The van der Waals surface area contributed by atoms with Gasteiger partial charge < -0.3 is 5.73 Å². The molecule has 2 aromatic rings. The first-order valence-electron chi connectivity index (χ1n) is 7.14. The summed E-state index contributed by atoms with van der Waals surface area (Å²) in [6, 6.07) is 3.95. The second-order valence-electron chi connectivity index (χ2n) is 5.91. The second-order valence-corrected chi connectivity index (χ2v) is 7.37. The fourth-order valence-electron chi connectivity index (χ4n) is 2.61. The number of guanidine groups is 1. The summed E-state index contributed by atoms with van der Waals surface area (Å²) >= 11 is 7.97. The average Bonchev–Trinajstić information content (AvgIpc) is 2.88. The molecule has 0 spiro atoms. The molecule has 0 aliphatic carbocycles. The molecule has 0 fully saturated rings. The molecule has 23 heavy (non-hydrogen) atoms. The van der Waals surface area contributed by atoms with Crippen molar-refractivity contribution in [2.24, 2.45) is 10.7 Å². The molecule has 0 saturated carbocycles. The zero-order chi connectivity index (χ0) is 16.8. The predicted octanol–water partition coefficient (Wildman–Crippen LogP) is 3.16. The molecule has 0 unspecified atom stereocenters. The maximum atomic E-state index is 12.1. The number of aliphatic imine (C=N–C) groups is 1. The highest BCUT2D eigenvalue weighted by atomic mass is 35.5. The normalized spacial score (nSPS) is 21.5. The zero-order valence-corrected chi connectivity index (χ0v) is 14.7. The van der Waals surface area contributed by atoms with Gasteiger partial charge in [-0.2, -0.15) is 0 Å². The van der Waals surface area contributed by atoms with E-state index in [0.717, 1.165) is 20.9 Å². The number of carbonyl (C=O) groups excluding carboxylic acids is 1. The van der Waals surface area contributed by atoms with Gasteiger partial charge in [0, 0.05) is 29.9 Å². The first-order valence-corrected chi connectivity index (χ1v) is 8.33. The molecule has 2 N–H and O–H groups in total. The number of thiophene rings is 1. The van der Waals surface area contributed by atoms with Gasteiger partial charge in [-0.05, 0) is 31.5 Å². The first-order chi connectivity index (χ1) is 10.8. The van der Waals surface area contributed by atoms with Crippen molar-refractivity contribution in [1.82, 2.24) is 9.88 Å². The van der Waals surface area contributed by atoms with E-state index in [1.165, 1.54) is 16.2 Å². The van der Waals surface area contributed by atoms with Gasteiger partial charge in [0.1, 0.15) is 5.54 Å². The number of aryl methyl sites for hydroxylation is 1. The van der Waals surface area contributed by atoms with E-state index in [9.17, 15) is 4.79 Å². The van der Waals surface area contributed by atoms with Gasteiger partial charge in [0.25, 0.3) is 0 Å². The molecule has 2 aromatic heterocycles. The molecule has 3 heterocycles. The molecular formula is C16H17ClN4OS. The van der Waals surface area contributed by atoms with Gasteiger partial charge in [0.2, 0.25) is 5.91 Å². The average molecular weight is 349 g/mol. The smallest absolute Gasteiger partial charge is 0.231 e. The van der Waals surface area contributed by atoms with Crippen LogP contribution in [0.1, 0.15) is 23.8 Å². The summed E-state index contributed by atoms with van der Waals surface area (Å²) in [5.41, 5.74) is 7.23. The molecule has 0 bridgehead atoms. The highest BCUT2D eigenvalue weighted by Crippen LogP contribution is 2.44. The van der Waals surface area contributed by atoms with Gasteiger partial charge in [0.05, 0.1) is 16.3 Å². The predicted molar refractivity (Wildman–Crippen MR) is 93.7 cm³/mol. The molecule has 120 valence electrons. The molecule has 3 rings (SSSR count). The van der Waals surface area contributed by atoms with Crippen LogP contribution in [-0.4, -0.2) is 28.8 Å². The number of pyridine rings is 1. The third-order valence-electron chi connectivity index (χ3n) is 3.91. The van der Waals surface area contributed by atoms with Gasteiger partial charge in [0.15, 0.2) is 5.96 Å². The lowest BCUT2D eigenvalue weighted by molar-refractivity contribution is -0.128. The Morgan fingerprint density at radius 2 is 2.13 bits per heavy atom. The minimum atomic E-state index is -0.731. The third-order valence-corrected chi connectivity index (χ3v) is 5.76. The van der Waals surface area contributed by atoms with Crippen molar-refractivity contribution in [1.29, 1.82) is 0 Å². The van der Waals surface area contributed by atoms with E-state index in [1.54, 1.807) is 13.2 Å². The lowest BCUT2D eigenvalue weighted by atomic mass is 9.94. The van der Waals surface area contributed by atoms with Crippen LogP contribution in [0.15, 0.2) is 29.5 Å². The highest BCUT2D eigenvalue weighted by molar-refractivity contribution is 7.16. The monoisotopic (exact) mass is 348 g/mol. The van der Waals surface area contributed by atoms with Crippen LogP contribution in [0.4, 0.5) is 0 Å². The number of carbonyl (C=O) groups is 1. The summed E-state index contributed by atoms with van der Waals surface area (Å²) in [5, 5.41) is 0.600. The van der Waals surface area contributed by atoms with Crippen LogP contribution >= 0.6 is 22.9 Å². The van der Waals surface area contributed by atoms with E-state index in [-0.39, 0.29) is 18.3 Å². The van der Waals surface area contributed by atoms with Crippen molar-refractivity contribution < 1.29 is 4.79 Å². The Labute approximate surface area is 143 Å². The van der Waals surface area contributed by atoms with Crippen LogP contribution in [0.2, 0.25) is 5.02 Å². The molecule has 1 atom stereocenters. The van der Waals surface area contributed by atoms with E-state index >= 15 is 0 Å². The molecule has 7 heteroatoms.